The first-order valence-corrected chi connectivity index (χ1v) is 14.8. The molecule has 2 aliphatic rings. The molecule has 226 valence electrons. The van der Waals surface area contributed by atoms with Crippen LogP contribution in [0.3, 0.4) is 0 Å². The van der Waals surface area contributed by atoms with E-state index in [0.29, 0.717) is 47.0 Å². The van der Waals surface area contributed by atoms with Gasteiger partial charge in [0.25, 0.3) is 0 Å². The lowest BCUT2D eigenvalue weighted by Gasteiger charge is -2.26. The van der Waals surface area contributed by atoms with Crippen LogP contribution in [0.5, 0.6) is 11.5 Å². The maximum absolute atomic E-state index is 9.78. The van der Waals surface area contributed by atoms with Crippen molar-refractivity contribution < 1.29 is 9.47 Å². The molecule has 2 heterocycles. The van der Waals surface area contributed by atoms with Crippen LogP contribution in [-0.4, -0.2) is 0 Å². The van der Waals surface area contributed by atoms with Crippen molar-refractivity contribution in [3.63, 3.8) is 0 Å². The van der Waals surface area contributed by atoms with E-state index < -0.39 is 11.8 Å². The molecule has 0 fully saturated rings. The highest BCUT2D eigenvalue weighted by Gasteiger charge is 2.30. The molecule has 0 amide bonds. The Morgan fingerprint density at radius 1 is 0.500 bits per heavy atom. The Morgan fingerprint density at radius 3 is 1.09 bits per heavy atom. The SMILES string of the molecule is CC1=C(C#N)C(c2ccc(OCc3ccccc3COc3ccc(C4C(C#N)=C(C)NC(C)=C4C#N)cc3)cc2)C(C#N)=C(C)N1. The zero-order valence-corrected chi connectivity index (χ0v) is 26.1. The quantitative estimate of drug-likeness (QED) is 0.271. The Kier molecular flexibility index (Phi) is 9.23. The predicted octanol–water partition coefficient (Wildman–Crippen LogP) is 7.41. The minimum atomic E-state index is -0.417. The van der Waals surface area contributed by atoms with Gasteiger partial charge in [-0.25, -0.2) is 0 Å². The summed E-state index contributed by atoms with van der Waals surface area (Å²) in [5.41, 5.74) is 8.79. The van der Waals surface area contributed by atoms with Crippen LogP contribution < -0.4 is 20.1 Å². The predicted molar refractivity (Wildman–Crippen MR) is 173 cm³/mol. The number of rotatable bonds is 8. The Balaban J connectivity index is 1.25. The fourth-order valence-corrected chi connectivity index (χ4v) is 5.92. The van der Waals surface area contributed by atoms with E-state index in [1.54, 1.807) is 0 Å². The fourth-order valence-electron chi connectivity index (χ4n) is 5.92. The smallest absolute Gasteiger partial charge is 0.119 e. The summed E-state index contributed by atoms with van der Waals surface area (Å²) >= 11 is 0. The van der Waals surface area contributed by atoms with Crippen molar-refractivity contribution >= 4 is 0 Å². The molecule has 8 heteroatoms. The molecule has 0 saturated carbocycles. The van der Waals surface area contributed by atoms with Crippen LogP contribution in [0.25, 0.3) is 0 Å². The summed E-state index contributed by atoms with van der Waals surface area (Å²) in [6.07, 6.45) is 0. The molecule has 0 radical (unpaired) electrons. The van der Waals surface area contributed by atoms with Gasteiger partial charge in [0.1, 0.15) is 24.7 Å². The first-order valence-electron chi connectivity index (χ1n) is 14.8. The van der Waals surface area contributed by atoms with Gasteiger partial charge in [-0.3, -0.25) is 0 Å². The van der Waals surface area contributed by atoms with Crippen LogP contribution in [0.2, 0.25) is 0 Å². The first-order chi connectivity index (χ1) is 22.3. The highest BCUT2D eigenvalue weighted by molar-refractivity contribution is 5.56. The minimum absolute atomic E-state index is 0.330. The van der Waals surface area contributed by atoms with Crippen LogP contribution in [0, 0.1) is 45.3 Å². The molecule has 8 nitrogen and oxygen atoms in total. The number of benzene rings is 3. The van der Waals surface area contributed by atoms with Crippen LogP contribution in [-0.2, 0) is 13.2 Å². The molecule has 0 aromatic heterocycles. The Bertz CT molecular complexity index is 1750. The molecule has 0 bridgehead atoms. The molecule has 2 N–H and O–H groups in total. The third kappa shape index (κ3) is 6.20. The third-order valence-corrected chi connectivity index (χ3v) is 8.34. The van der Waals surface area contributed by atoms with Crippen molar-refractivity contribution in [2.45, 2.75) is 52.7 Å². The highest BCUT2D eigenvalue weighted by atomic mass is 16.5. The molecule has 0 atom stereocenters. The number of nitrogens with one attached hydrogen (secondary N) is 2. The molecule has 0 spiro atoms. The van der Waals surface area contributed by atoms with E-state index in [-0.39, 0.29) is 0 Å². The van der Waals surface area contributed by atoms with E-state index in [1.165, 1.54) is 0 Å². The lowest BCUT2D eigenvalue weighted by Crippen LogP contribution is -2.23. The van der Waals surface area contributed by atoms with Crippen molar-refractivity contribution in [1.82, 2.24) is 10.6 Å². The number of nitriles is 4. The summed E-state index contributed by atoms with van der Waals surface area (Å²) in [6.45, 7) is 8.05. The average Bonchev–Trinajstić information content (AvgIpc) is 3.06. The molecule has 2 aliphatic heterocycles. The Labute approximate surface area is 269 Å². The van der Waals surface area contributed by atoms with Gasteiger partial charge >= 0.3 is 0 Å². The summed E-state index contributed by atoms with van der Waals surface area (Å²) in [5.74, 6) is 0.504. The molecular weight excluding hydrogens is 572 g/mol. The normalized spacial score (nSPS) is 15.3. The monoisotopic (exact) mass is 604 g/mol. The average molecular weight is 605 g/mol. The maximum atomic E-state index is 9.78. The zero-order valence-electron chi connectivity index (χ0n) is 26.1. The lowest BCUT2D eigenvalue weighted by molar-refractivity contribution is 0.285. The number of allylic oxidation sites excluding steroid dienone is 8. The van der Waals surface area contributed by atoms with Crippen LogP contribution in [0.4, 0.5) is 0 Å². The van der Waals surface area contributed by atoms with Crippen molar-refractivity contribution in [1.29, 1.82) is 21.0 Å². The van der Waals surface area contributed by atoms with Gasteiger partial charge in [-0.1, -0.05) is 48.5 Å². The molecule has 3 aromatic carbocycles. The van der Waals surface area contributed by atoms with E-state index in [0.717, 1.165) is 45.0 Å². The summed E-state index contributed by atoms with van der Waals surface area (Å²) in [6, 6.07) is 32.0. The second-order valence-electron chi connectivity index (χ2n) is 11.2. The number of dihydropyridines is 2. The molecule has 5 rings (SSSR count). The second-order valence-corrected chi connectivity index (χ2v) is 11.2. The van der Waals surface area contributed by atoms with Gasteiger partial charge in [-0.2, -0.15) is 21.0 Å². The van der Waals surface area contributed by atoms with E-state index in [9.17, 15) is 21.0 Å². The topological polar surface area (TPSA) is 138 Å². The third-order valence-electron chi connectivity index (χ3n) is 8.34. The number of hydrogen-bond acceptors (Lipinski definition) is 8. The van der Waals surface area contributed by atoms with Gasteiger partial charge in [0.15, 0.2) is 0 Å². The maximum Gasteiger partial charge on any atom is 0.119 e. The van der Waals surface area contributed by atoms with Crippen molar-refractivity contribution in [2.24, 2.45) is 0 Å². The molecule has 0 saturated heterocycles. The lowest BCUT2D eigenvalue weighted by atomic mass is 9.81. The fraction of sp³-hybridized carbons (Fsp3) is 0.211. The molecule has 0 aliphatic carbocycles. The van der Waals surface area contributed by atoms with Crippen LogP contribution >= 0.6 is 0 Å². The number of hydrogen-bond donors (Lipinski definition) is 2. The van der Waals surface area contributed by atoms with Gasteiger partial charge < -0.3 is 20.1 Å². The van der Waals surface area contributed by atoms with Crippen LogP contribution in [0.15, 0.2) is 118 Å². The molecule has 46 heavy (non-hydrogen) atoms. The van der Waals surface area contributed by atoms with Crippen molar-refractivity contribution in [3.05, 3.63) is 140 Å². The highest BCUT2D eigenvalue weighted by Crippen LogP contribution is 2.39. The summed E-state index contributed by atoms with van der Waals surface area (Å²) in [4.78, 5) is 0. The first kappa shape index (κ1) is 31.2. The molecule has 0 unspecified atom stereocenters. The van der Waals surface area contributed by atoms with Gasteiger partial charge in [-0.05, 0) is 74.2 Å². The summed E-state index contributed by atoms with van der Waals surface area (Å²) in [7, 11) is 0. The van der Waals surface area contributed by atoms with Crippen molar-refractivity contribution in [2.75, 3.05) is 0 Å². The largest absolute Gasteiger partial charge is 0.489 e. The van der Waals surface area contributed by atoms with E-state index in [1.807, 2.05) is 100 Å². The van der Waals surface area contributed by atoms with Gasteiger partial charge in [0.05, 0.1) is 58.4 Å². The number of ether oxygens (including phenoxy) is 2. The van der Waals surface area contributed by atoms with E-state index in [4.69, 9.17) is 9.47 Å². The van der Waals surface area contributed by atoms with Crippen LogP contribution in [0.1, 0.15) is 61.8 Å². The minimum Gasteiger partial charge on any atom is -0.489 e. The van der Waals surface area contributed by atoms with Gasteiger partial charge in [-0.15, -0.1) is 0 Å². The Hall–Kier alpha value is -6.22. The number of nitrogens with zero attached hydrogens (tertiary/aromatic N) is 4. The van der Waals surface area contributed by atoms with E-state index in [2.05, 4.69) is 34.9 Å². The standard InChI is InChI=1S/C38H32N6O2/c1-23-33(17-39)37(34(18-40)24(2)43-23)27-9-13-31(14-10-27)45-21-29-7-5-6-8-30(29)22-46-32-15-11-28(12-16-32)38-35(19-41)25(3)44-26(4)36(38)20-42/h5-16,37-38,43-44H,21-22H2,1-4H3. The van der Waals surface area contributed by atoms with Crippen molar-refractivity contribution in [3.8, 4) is 35.8 Å². The Morgan fingerprint density at radius 2 is 0.804 bits per heavy atom. The summed E-state index contributed by atoms with van der Waals surface area (Å²) < 4.78 is 12.3. The second kappa shape index (κ2) is 13.6. The zero-order chi connectivity index (χ0) is 32.8. The van der Waals surface area contributed by atoms with Gasteiger partial charge in [0.2, 0.25) is 0 Å². The molecular formula is C38H32N6O2. The van der Waals surface area contributed by atoms with Gasteiger partial charge in [0, 0.05) is 22.8 Å². The summed E-state index contributed by atoms with van der Waals surface area (Å²) in [5, 5.41) is 45.4. The molecule has 3 aromatic rings. The van der Waals surface area contributed by atoms with E-state index >= 15 is 0 Å².